The van der Waals surface area contributed by atoms with Gasteiger partial charge < -0.3 is 24.3 Å². The molecule has 3 unspecified atom stereocenters. The lowest BCUT2D eigenvalue weighted by Gasteiger charge is -2.44. The first-order chi connectivity index (χ1) is 15.2. The number of nitrogens with one attached hydrogen (secondary N) is 2. The summed E-state index contributed by atoms with van der Waals surface area (Å²) in [6.07, 6.45) is -7.26. The van der Waals surface area contributed by atoms with E-state index < -0.39 is 46.1 Å². The maximum Gasteiger partial charge on any atom is 0.471 e. The molecular weight excluding hydrogens is 512 g/mol. The summed E-state index contributed by atoms with van der Waals surface area (Å²) >= 11 is 16.9. The topological polar surface area (TPSA) is 89.9 Å². The predicted octanol–water partition coefficient (Wildman–Crippen LogP) is 4.62. The van der Waals surface area contributed by atoms with Crippen LogP contribution < -0.4 is 10.1 Å². The van der Waals surface area contributed by atoms with Crippen LogP contribution in [0.15, 0.2) is 24.3 Å². The Balaban J connectivity index is 2.11. The van der Waals surface area contributed by atoms with Crippen LogP contribution in [0.3, 0.4) is 0 Å². The first kappa shape index (κ1) is 27.8. The molecule has 0 aromatic heterocycles. The normalized spacial score (nSPS) is 25.9. The Morgan fingerprint density at radius 1 is 1.15 bits per heavy atom. The minimum atomic E-state index is -5.12. The van der Waals surface area contributed by atoms with Gasteiger partial charge in [0.2, 0.25) is 12.2 Å². The van der Waals surface area contributed by atoms with Crippen LogP contribution in [0, 0.1) is 17.2 Å². The van der Waals surface area contributed by atoms with Crippen molar-refractivity contribution in [3.8, 4) is 5.75 Å². The summed E-state index contributed by atoms with van der Waals surface area (Å²) in [5, 5.41) is 9.63. The van der Waals surface area contributed by atoms with E-state index in [-0.39, 0.29) is 19.1 Å². The third-order valence-corrected chi connectivity index (χ3v) is 5.86. The van der Waals surface area contributed by atoms with Gasteiger partial charge in [-0.2, -0.15) is 13.2 Å². The summed E-state index contributed by atoms with van der Waals surface area (Å²) in [6, 6.07) is 5.94. The summed E-state index contributed by atoms with van der Waals surface area (Å²) < 4.78 is 58.1. The summed E-state index contributed by atoms with van der Waals surface area (Å²) in [6.45, 7) is 3.68. The van der Waals surface area contributed by atoms with Gasteiger partial charge in [0, 0.05) is 0 Å². The zero-order chi connectivity index (χ0) is 25.0. The first-order valence-corrected chi connectivity index (χ1v) is 10.9. The highest BCUT2D eigenvalue weighted by Gasteiger charge is 2.48. The Morgan fingerprint density at radius 2 is 1.76 bits per heavy atom. The molecule has 2 N–H and O–H groups in total. The average molecular weight is 536 g/mol. The Bertz CT molecular complexity index is 821. The highest BCUT2D eigenvalue weighted by molar-refractivity contribution is 6.76. The number of amides is 1. The van der Waals surface area contributed by atoms with Crippen LogP contribution in [0.1, 0.15) is 19.4 Å². The molecule has 5 atom stereocenters. The molecule has 33 heavy (non-hydrogen) atoms. The monoisotopic (exact) mass is 534 g/mol. The second-order valence-electron chi connectivity index (χ2n) is 7.57. The molecule has 1 aliphatic rings. The molecule has 1 heterocycles. The van der Waals surface area contributed by atoms with Gasteiger partial charge in [-0.05, 0) is 29.5 Å². The lowest BCUT2D eigenvalue weighted by Crippen LogP contribution is -2.60. The minimum Gasteiger partial charge on any atom is -0.497 e. The fourth-order valence-electron chi connectivity index (χ4n) is 3.22. The predicted molar refractivity (Wildman–Crippen MR) is 117 cm³/mol. The van der Waals surface area contributed by atoms with E-state index >= 15 is 0 Å². The number of benzene rings is 1. The molecule has 186 valence electrons. The highest BCUT2D eigenvalue weighted by Crippen LogP contribution is 2.35. The number of ether oxygens (including phenoxy) is 4. The SMILES string of the molecule is COc1ccc(COCC2OC(OC(=N)C(Cl)(Cl)Cl)C(NC(=O)C(F)(F)F)[C@@H](C)[C@@H]2C)cc1. The van der Waals surface area contributed by atoms with Gasteiger partial charge in [-0.3, -0.25) is 10.2 Å². The maximum absolute atomic E-state index is 12.8. The van der Waals surface area contributed by atoms with Crippen LogP contribution in [0.5, 0.6) is 5.75 Å². The van der Waals surface area contributed by atoms with Gasteiger partial charge in [0.05, 0.1) is 32.5 Å². The fourth-order valence-corrected chi connectivity index (χ4v) is 3.35. The zero-order valence-electron chi connectivity index (χ0n) is 17.9. The molecule has 1 saturated heterocycles. The van der Waals surface area contributed by atoms with Crippen molar-refractivity contribution in [3.63, 3.8) is 0 Å². The quantitative estimate of drug-likeness (QED) is 0.302. The minimum absolute atomic E-state index is 0.0679. The van der Waals surface area contributed by atoms with E-state index in [0.29, 0.717) is 5.75 Å². The van der Waals surface area contributed by atoms with Crippen molar-refractivity contribution in [3.05, 3.63) is 29.8 Å². The standard InChI is InChI=1S/C20H24Cl3F3N2O5/c1-10-11(2)15(28-18(29)20(24,25)26)16(33-17(27)19(21,22)23)32-14(10)9-31-8-12-4-6-13(30-3)7-5-12/h4-7,10-11,14-16,27H,8-9H2,1-3H3,(H,28,29)/t10-,11-,14?,15?,16?/m0/s1. The number of rotatable bonds is 7. The van der Waals surface area contributed by atoms with Gasteiger partial charge in [0.25, 0.3) is 3.79 Å². The van der Waals surface area contributed by atoms with E-state index in [1.165, 1.54) is 0 Å². The number of halogens is 6. The van der Waals surface area contributed by atoms with E-state index in [0.717, 1.165) is 5.56 Å². The van der Waals surface area contributed by atoms with E-state index in [1.807, 2.05) is 17.4 Å². The molecule has 13 heteroatoms. The number of carbonyl (C=O) groups excluding carboxylic acids is 1. The first-order valence-electron chi connectivity index (χ1n) is 9.80. The Hall–Kier alpha value is -1.46. The number of hydrogen-bond acceptors (Lipinski definition) is 6. The smallest absolute Gasteiger partial charge is 0.471 e. The molecule has 1 aromatic rings. The maximum atomic E-state index is 12.8. The summed E-state index contributed by atoms with van der Waals surface area (Å²) in [5.74, 6) is -3.24. The average Bonchev–Trinajstić information content (AvgIpc) is 2.73. The highest BCUT2D eigenvalue weighted by atomic mass is 35.6. The molecule has 1 amide bonds. The van der Waals surface area contributed by atoms with Crippen molar-refractivity contribution in [1.29, 1.82) is 5.41 Å². The molecule has 0 spiro atoms. The molecule has 0 aliphatic carbocycles. The molecule has 1 fully saturated rings. The zero-order valence-corrected chi connectivity index (χ0v) is 20.2. The number of alkyl halides is 6. The third-order valence-electron chi connectivity index (χ3n) is 5.34. The molecule has 0 bridgehead atoms. The largest absolute Gasteiger partial charge is 0.497 e. The Kier molecular flexibility index (Phi) is 9.52. The number of methoxy groups -OCH3 is 1. The van der Waals surface area contributed by atoms with E-state index in [9.17, 15) is 18.0 Å². The van der Waals surface area contributed by atoms with Gasteiger partial charge in [0.15, 0.2) is 0 Å². The fraction of sp³-hybridized carbons (Fsp3) is 0.600. The molecular formula is C20H24Cl3F3N2O5. The molecule has 0 saturated carbocycles. The van der Waals surface area contributed by atoms with Crippen LogP contribution >= 0.6 is 34.8 Å². The molecule has 7 nitrogen and oxygen atoms in total. The van der Waals surface area contributed by atoms with E-state index in [2.05, 4.69) is 0 Å². The molecule has 1 aromatic carbocycles. The Labute approximate surface area is 204 Å². The second kappa shape index (κ2) is 11.3. The van der Waals surface area contributed by atoms with E-state index in [4.69, 9.17) is 59.2 Å². The summed E-state index contributed by atoms with van der Waals surface area (Å²) in [7, 11) is 1.56. The van der Waals surface area contributed by atoms with Crippen molar-refractivity contribution in [1.82, 2.24) is 5.32 Å². The van der Waals surface area contributed by atoms with Crippen LogP contribution in [0.4, 0.5) is 13.2 Å². The van der Waals surface area contributed by atoms with Crippen molar-refractivity contribution < 1.29 is 36.9 Å². The molecule has 2 rings (SSSR count). The van der Waals surface area contributed by atoms with Crippen LogP contribution in [0.2, 0.25) is 0 Å². The van der Waals surface area contributed by atoms with Crippen molar-refractivity contribution >= 4 is 46.6 Å². The lowest BCUT2D eigenvalue weighted by atomic mass is 9.82. The van der Waals surface area contributed by atoms with Crippen molar-refractivity contribution in [2.45, 2.75) is 48.9 Å². The summed E-state index contributed by atoms with van der Waals surface area (Å²) in [4.78, 5) is 11.6. The van der Waals surface area contributed by atoms with Crippen LogP contribution in [0.25, 0.3) is 0 Å². The Morgan fingerprint density at radius 3 is 2.27 bits per heavy atom. The van der Waals surface area contributed by atoms with Crippen LogP contribution in [-0.4, -0.2) is 53.9 Å². The number of hydrogen-bond donors (Lipinski definition) is 2. The van der Waals surface area contributed by atoms with Gasteiger partial charge in [-0.25, -0.2) is 0 Å². The van der Waals surface area contributed by atoms with Crippen molar-refractivity contribution in [2.75, 3.05) is 13.7 Å². The molecule has 1 aliphatic heterocycles. The van der Waals surface area contributed by atoms with Gasteiger partial charge in [0.1, 0.15) is 5.75 Å². The van der Waals surface area contributed by atoms with Gasteiger partial charge in [-0.15, -0.1) is 0 Å². The second-order valence-corrected chi connectivity index (χ2v) is 9.85. The van der Waals surface area contributed by atoms with E-state index in [1.54, 1.807) is 33.1 Å². The van der Waals surface area contributed by atoms with Gasteiger partial charge >= 0.3 is 12.1 Å². The van der Waals surface area contributed by atoms with Crippen molar-refractivity contribution in [2.24, 2.45) is 11.8 Å². The lowest BCUT2D eigenvalue weighted by molar-refractivity contribution is -0.223. The third kappa shape index (κ3) is 7.78. The van der Waals surface area contributed by atoms with Gasteiger partial charge in [-0.1, -0.05) is 60.8 Å². The number of carbonyl (C=O) groups is 1. The summed E-state index contributed by atoms with van der Waals surface area (Å²) in [5.41, 5.74) is 0.869. The van der Waals surface area contributed by atoms with Crippen LogP contribution in [-0.2, 0) is 25.6 Å². The molecule has 0 radical (unpaired) electrons.